The first-order chi connectivity index (χ1) is 6.11. The normalized spacial score (nSPS) is 12.2. The van der Waals surface area contributed by atoms with Crippen molar-refractivity contribution in [1.29, 1.82) is 0 Å². The van der Waals surface area contributed by atoms with Crippen LogP contribution in [0.3, 0.4) is 0 Å². The van der Waals surface area contributed by atoms with Crippen molar-refractivity contribution in [2.24, 2.45) is 0 Å². The van der Waals surface area contributed by atoms with Gasteiger partial charge in [0.2, 0.25) is 0 Å². The van der Waals surface area contributed by atoms with E-state index in [4.69, 9.17) is 23.2 Å². The van der Waals surface area contributed by atoms with Gasteiger partial charge in [-0.3, -0.25) is 0 Å². The third-order valence-electron chi connectivity index (χ3n) is 1.61. The molecule has 1 aromatic rings. The summed E-state index contributed by atoms with van der Waals surface area (Å²) < 4.78 is 0. The lowest BCUT2D eigenvalue weighted by Gasteiger charge is -2.11. The molecule has 1 nitrogen and oxygen atoms in total. The van der Waals surface area contributed by atoms with Crippen LogP contribution in [0.5, 0.6) is 0 Å². The van der Waals surface area contributed by atoms with Gasteiger partial charge in [-0.15, -0.1) is 6.58 Å². The number of halogens is 2. The topological polar surface area (TPSA) is 12.0 Å². The lowest BCUT2D eigenvalue weighted by molar-refractivity contribution is 1.00. The molecular weight excluding hydrogens is 205 g/mol. The highest BCUT2D eigenvalue weighted by Gasteiger charge is 1.99. The van der Waals surface area contributed by atoms with Gasteiger partial charge in [0.25, 0.3) is 0 Å². The summed E-state index contributed by atoms with van der Waals surface area (Å²) in [5.74, 6) is 0. The zero-order valence-electron chi connectivity index (χ0n) is 7.35. The molecule has 13 heavy (non-hydrogen) atoms. The summed E-state index contributed by atoms with van der Waals surface area (Å²) in [6.45, 7) is 5.67. The van der Waals surface area contributed by atoms with Crippen molar-refractivity contribution >= 4 is 28.9 Å². The molecule has 3 heteroatoms. The van der Waals surface area contributed by atoms with Crippen LogP contribution in [-0.4, -0.2) is 6.04 Å². The van der Waals surface area contributed by atoms with Gasteiger partial charge in [0.05, 0.1) is 0 Å². The highest BCUT2D eigenvalue weighted by Crippen LogP contribution is 2.22. The van der Waals surface area contributed by atoms with Crippen LogP contribution in [0, 0.1) is 0 Å². The maximum absolute atomic E-state index is 5.83. The first-order valence-electron chi connectivity index (χ1n) is 3.97. The summed E-state index contributed by atoms with van der Waals surface area (Å²) in [5.41, 5.74) is 0.907. The van der Waals surface area contributed by atoms with E-state index in [0.717, 1.165) is 5.69 Å². The van der Waals surface area contributed by atoms with Crippen molar-refractivity contribution in [3.8, 4) is 0 Å². The van der Waals surface area contributed by atoms with Crippen molar-refractivity contribution in [2.75, 3.05) is 5.32 Å². The molecule has 0 spiro atoms. The number of benzene rings is 1. The van der Waals surface area contributed by atoms with E-state index in [1.165, 1.54) is 0 Å². The number of anilines is 1. The molecule has 0 fully saturated rings. The fourth-order valence-electron chi connectivity index (χ4n) is 0.959. The predicted molar refractivity (Wildman–Crippen MR) is 59.7 cm³/mol. The van der Waals surface area contributed by atoms with Crippen LogP contribution in [0.2, 0.25) is 10.0 Å². The van der Waals surface area contributed by atoms with Gasteiger partial charge in [-0.05, 0) is 25.1 Å². The minimum atomic E-state index is 0.203. The molecule has 0 amide bonds. The highest BCUT2D eigenvalue weighted by molar-refractivity contribution is 6.35. The minimum absolute atomic E-state index is 0.203. The van der Waals surface area contributed by atoms with Crippen molar-refractivity contribution in [3.05, 3.63) is 40.9 Å². The van der Waals surface area contributed by atoms with Crippen LogP contribution in [0.25, 0.3) is 0 Å². The fourth-order valence-corrected chi connectivity index (χ4v) is 1.49. The summed E-state index contributed by atoms with van der Waals surface area (Å²) >= 11 is 11.7. The first kappa shape index (κ1) is 10.4. The molecule has 1 unspecified atom stereocenters. The van der Waals surface area contributed by atoms with E-state index in [2.05, 4.69) is 11.9 Å². The molecule has 0 saturated heterocycles. The average molecular weight is 216 g/mol. The van der Waals surface area contributed by atoms with Gasteiger partial charge in [-0.2, -0.15) is 0 Å². The Bertz CT molecular complexity index is 290. The number of rotatable bonds is 3. The van der Waals surface area contributed by atoms with E-state index in [-0.39, 0.29) is 6.04 Å². The van der Waals surface area contributed by atoms with Crippen LogP contribution in [0.15, 0.2) is 30.9 Å². The number of hydrogen-bond donors (Lipinski definition) is 1. The summed E-state index contributed by atoms with van der Waals surface area (Å²) in [6.07, 6.45) is 1.81. The molecule has 0 aliphatic rings. The Morgan fingerprint density at radius 2 is 1.85 bits per heavy atom. The van der Waals surface area contributed by atoms with Crippen LogP contribution >= 0.6 is 23.2 Å². The van der Waals surface area contributed by atoms with Crippen LogP contribution < -0.4 is 5.32 Å². The van der Waals surface area contributed by atoms with Crippen LogP contribution in [0.4, 0.5) is 5.69 Å². The molecule has 70 valence electrons. The number of nitrogens with one attached hydrogen (secondary N) is 1. The third kappa shape index (κ3) is 3.29. The van der Waals surface area contributed by atoms with Crippen LogP contribution in [-0.2, 0) is 0 Å². The SMILES string of the molecule is C=CC(C)Nc1cc(Cl)cc(Cl)c1. The molecule has 1 N–H and O–H groups in total. The van der Waals surface area contributed by atoms with E-state index < -0.39 is 0 Å². The second-order valence-electron chi connectivity index (χ2n) is 2.83. The maximum Gasteiger partial charge on any atom is 0.0441 e. The summed E-state index contributed by atoms with van der Waals surface area (Å²) in [6, 6.07) is 5.56. The van der Waals surface area contributed by atoms with Gasteiger partial charge in [0.1, 0.15) is 0 Å². The van der Waals surface area contributed by atoms with Gasteiger partial charge in [-0.25, -0.2) is 0 Å². The van der Waals surface area contributed by atoms with Gasteiger partial charge < -0.3 is 5.32 Å². The Labute approximate surface area is 88.4 Å². The van der Waals surface area contributed by atoms with E-state index in [1.54, 1.807) is 6.07 Å². The van der Waals surface area contributed by atoms with Crippen LogP contribution in [0.1, 0.15) is 6.92 Å². The van der Waals surface area contributed by atoms with Gasteiger partial charge >= 0.3 is 0 Å². The fraction of sp³-hybridized carbons (Fsp3) is 0.200. The molecule has 0 aliphatic carbocycles. The molecule has 0 radical (unpaired) electrons. The maximum atomic E-state index is 5.83. The second-order valence-corrected chi connectivity index (χ2v) is 3.70. The zero-order valence-corrected chi connectivity index (χ0v) is 8.86. The molecule has 0 saturated carbocycles. The van der Waals surface area contributed by atoms with E-state index in [0.29, 0.717) is 10.0 Å². The summed E-state index contributed by atoms with van der Waals surface area (Å²) in [4.78, 5) is 0. The van der Waals surface area contributed by atoms with Crippen molar-refractivity contribution in [2.45, 2.75) is 13.0 Å². The number of hydrogen-bond acceptors (Lipinski definition) is 1. The lowest BCUT2D eigenvalue weighted by atomic mass is 10.2. The summed E-state index contributed by atoms with van der Waals surface area (Å²) in [7, 11) is 0. The second kappa shape index (κ2) is 4.54. The van der Waals surface area contributed by atoms with E-state index in [1.807, 2.05) is 25.1 Å². The van der Waals surface area contributed by atoms with Gasteiger partial charge in [0.15, 0.2) is 0 Å². The molecular formula is C10H11Cl2N. The Hall–Kier alpha value is -0.660. The van der Waals surface area contributed by atoms with E-state index in [9.17, 15) is 0 Å². The molecule has 1 aromatic carbocycles. The Balaban J connectivity index is 2.82. The van der Waals surface area contributed by atoms with E-state index >= 15 is 0 Å². The summed E-state index contributed by atoms with van der Waals surface area (Å²) in [5, 5.41) is 4.45. The minimum Gasteiger partial charge on any atom is -0.379 e. The van der Waals surface area contributed by atoms with Crippen molar-refractivity contribution in [1.82, 2.24) is 0 Å². The highest BCUT2D eigenvalue weighted by atomic mass is 35.5. The van der Waals surface area contributed by atoms with Crippen molar-refractivity contribution < 1.29 is 0 Å². The largest absolute Gasteiger partial charge is 0.379 e. The van der Waals surface area contributed by atoms with Crippen molar-refractivity contribution in [3.63, 3.8) is 0 Å². The Morgan fingerprint density at radius 3 is 2.31 bits per heavy atom. The molecule has 1 atom stereocenters. The predicted octanol–water partition coefficient (Wildman–Crippen LogP) is 3.98. The molecule has 0 heterocycles. The van der Waals surface area contributed by atoms with Gasteiger partial charge in [0, 0.05) is 21.8 Å². The Kier molecular flexibility index (Phi) is 3.64. The monoisotopic (exact) mass is 215 g/mol. The smallest absolute Gasteiger partial charge is 0.0441 e. The molecule has 0 bridgehead atoms. The quantitative estimate of drug-likeness (QED) is 0.753. The first-order valence-corrected chi connectivity index (χ1v) is 4.72. The standard InChI is InChI=1S/C10H11Cl2N/c1-3-7(2)13-10-5-8(11)4-9(12)6-10/h3-7,13H,1H2,2H3. The Morgan fingerprint density at radius 1 is 1.31 bits per heavy atom. The zero-order chi connectivity index (χ0) is 9.84. The van der Waals surface area contributed by atoms with Gasteiger partial charge in [-0.1, -0.05) is 29.3 Å². The molecule has 0 aliphatic heterocycles. The average Bonchev–Trinajstić information content (AvgIpc) is 2.02. The lowest BCUT2D eigenvalue weighted by Crippen LogP contribution is -2.10. The molecule has 1 rings (SSSR count). The third-order valence-corrected chi connectivity index (χ3v) is 2.05. The molecule has 0 aromatic heterocycles.